The molecule has 0 radical (unpaired) electrons. The second kappa shape index (κ2) is 9.45. The Kier molecular flexibility index (Phi) is 6.48. The van der Waals surface area contributed by atoms with E-state index in [1.165, 1.54) is 11.3 Å². The molecule has 3 heterocycles. The normalized spacial score (nSPS) is 18.6. The Labute approximate surface area is 186 Å². The van der Waals surface area contributed by atoms with Gasteiger partial charge in [-0.3, -0.25) is 4.79 Å². The molecule has 0 saturated carbocycles. The monoisotopic (exact) mass is 438 g/mol. The van der Waals surface area contributed by atoms with Crippen LogP contribution in [0.1, 0.15) is 29.9 Å². The number of hydrogen-bond acceptors (Lipinski definition) is 7. The topological polar surface area (TPSA) is 76.6 Å². The van der Waals surface area contributed by atoms with Gasteiger partial charge in [0.05, 0.1) is 19.3 Å². The number of carbonyl (C=O) groups excluding carboxylic acids is 1. The molecule has 0 aliphatic carbocycles. The molecule has 7 nitrogen and oxygen atoms in total. The van der Waals surface area contributed by atoms with Gasteiger partial charge < -0.3 is 19.7 Å². The van der Waals surface area contributed by atoms with Crippen molar-refractivity contribution in [1.82, 2.24) is 15.3 Å². The van der Waals surface area contributed by atoms with Crippen molar-refractivity contribution in [3.8, 4) is 16.3 Å². The summed E-state index contributed by atoms with van der Waals surface area (Å²) in [5.41, 5.74) is 2.31. The van der Waals surface area contributed by atoms with Crippen molar-refractivity contribution in [3.63, 3.8) is 0 Å². The first-order valence-electron chi connectivity index (χ1n) is 10.3. The standard InChI is InChI=1S/C23H26N4O3S/c1-15-12-27(13-16(2)30-15)21-9-4-17(10-24-21)11-25-22(28)20-14-31-23(26-20)18-5-7-19(29-3)8-6-18/h4-10,14-16H,11-13H2,1-3H3,(H,25,28). The van der Waals surface area contributed by atoms with Crippen LogP contribution >= 0.6 is 11.3 Å². The lowest BCUT2D eigenvalue weighted by molar-refractivity contribution is -0.00546. The third-order valence-corrected chi connectivity index (χ3v) is 5.97. The van der Waals surface area contributed by atoms with Crippen molar-refractivity contribution in [2.45, 2.75) is 32.6 Å². The molecule has 0 bridgehead atoms. The van der Waals surface area contributed by atoms with E-state index in [4.69, 9.17) is 9.47 Å². The fourth-order valence-corrected chi connectivity index (χ4v) is 4.40. The Bertz CT molecular complexity index is 1010. The third kappa shape index (κ3) is 5.21. The zero-order chi connectivity index (χ0) is 21.8. The summed E-state index contributed by atoms with van der Waals surface area (Å²) in [4.78, 5) is 23.8. The molecule has 1 aliphatic rings. The number of amides is 1. The number of hydrogen-bond donors (Lipinski definition) is 1. The maximum atomic E-state index is 12.5. The van der Waals surface area contributed by atoms with Crippen molar-refractivity contribution < 1.29 is 14.3 Å². The Balaban J connectivity index is 1.34. The van der Waals surface area contributed by atoms with E-state index in [0.717, 1.165) is 40.8 Å². The zero-order valence-corrected chi connectivity index (χ0v) is 18.7. The van der Waals surface area contributed by atoms with Crippen LogP contribution in [0.3, 0.4) is 0 Å². The van der Waals surface area contributed by atoms with Crippen molar-refractivity contribution in [2.75, 3.05) is 25.1 Å². The van der Waals surface area contributed by atoms with E-state index >= 15 is 0 Å². The molecule has 1 amide bonds. The number of carbonyl (C=O) groups is 1. The van der Waals surface area contributed by atoms with Crippen molar-refractivity contribution in [1.29, 1.82) is 0 Å². The van der Waals surface area contributed by atoms with E-state index in [-0.39, 0.29) is 18.1 Å². The average Bonchev–Trinajstić information content (AvgIpc) is 3.28. The second-order valence-electron chi connectivity index (χ2n) is 7.64. The molecule has 2 atom stereocenters. The van der Waals surface area contributed by atoms with Gasteiger partial charge in [0.15, 0.2) is 0 Å². The highest BCUT2D eigenvalue weighted by atomic mass is 32.1. The van der Waals surface area contributed by atoms with E-state index in [1.807, 2.05) is 42.6 Å². The van der Waals surface area contributed by atoms with Crippen molar-refractivity contribution >= 4 is 23.1 Å². The van der Waals surface area contributed by atoms with Crippen molar-refractivity contribution in [3.05, 3.63) is 59.2 Å². The van der Waals surface area contributed by atoms with Crippen LogP contribution in [0, 0.1) is 0 Å². The molecule has 1 fully saturated rings. The van der Waals surface area contributed by atoms with Gasteiger partial charge in [-0.15, -0.1) is 11.3 Å². The summed E-state index contributed by atoms with van der Waals surface area (Å²) in [6.45, 7) is 6.20. The summed E-state index contributed by atoms with van der Waals surface area (Å²) < 4.78 is 11.0. The highest BCUT2D eigenvalue weighted by Gasteiger charge is 2.23. The zero-order valence-electron chi connectivity index (χ0n) is 17.9. The van der Waals surface area contributed by atoms with Gasteiger partial charge >= 0.3 is 0 Å². The van der Waals surface area contributed by atoms with Gasteiger partial charge in [0.25, 0.3) is 5.91 Å². The Morgan fingerprint density at radius 1 is 1.19 bits per heavy atom. The predicted molar refractivity (Wildman–Crippen MR) is 122 cm³/mol. The smallest absolute Gasteiger partial charge is 0.271 e. The summed E-state index contributed by atoms with van der Waals surface area (Å²) in [5.74, 6) is 1.52. The van der Waals surface area contributed by atoms with E-state index in [2.05, 4.69) is 34.0 Å². The van der Waals surface area contributed by atoms with Crippen LogP contribution in [-0.2, 0) is 11.3 Å². The number of morpholine rings is 1. The summed E-state index contributed by atoms with van der Waals surface area (Å²) in [6, 6.07) is 11.6. The van der Waals surface area contributed by atoms with Crippen LogP contribution in [0.25, 0.3) is 10.6 Å². The minimum absolute atomic E-state index is 0.186. The number of nitrogens with one attached hydrogen (secondary N) is 1. The van der Waals surface area contributed by atoms with Crippen LogP contribution in [-0.4, -0.2) is 48.3 Å². The minimum atomic E-state index is -0.198. The quantitative estimate of drug-likeness (QED) is 0.632. The van der Waals surface area contributed by atoms with Crippen LogP contribution in [0.5, 0.6) is 5.75 Å². The Morgan fingerprint density at radius 2 is 1.94 bits per heavy atom. The van der Waals surface area contributed by atoms with Crippen molar-refractivity contribution in [2.24, 2.45) is 0 Å². The number of ether oxygens (including phenoxy) is 2. The number of aromatic nitrogens is 2. The average molecular weight is 439 g/mol. The van der Waals surface area contributed by atoms with Gasteiger partial charge in [-0.25, -0.2) is 9.97 Å². The van der Waals surface area contributed by atoms with Crippen LogP contribution in [0.15, 0.2) is 48.0 Å². The number of rotatable bonds is 6. The van der Waals surface area contributed by atoms with Gasteiger partial charge in [-0.05, 0) is 49.7 Å². The lowest BCUT2D eigenvalue weighted by Crippen LogP contribution is -2.45. The van der Waals surface area contributed by atoms with Gasteiger partial charge in [0, 0.05) is 36.8 Å². The molecule has 1 aliphatic heterocycles. The van der Waals surface area contributed by atoms with Crippen LogP contribution in [0.2, 0.25) is 0 Å². The van der Waals surface area contributed by atoms with E-state index < -0.39 is 0 Å². The predicted octanol–water partition coefficient (Wildman–Crippen LogP) is 3.76. The number of nitrogens with zero attached hydrogens (tertiary/aromatic N) is 3. The number of benzene rings is 1. The summed E-state index contributed by atoms with van der Waals surface area (Å²) in [5, 5.41) is 5.50. The summed E-state index contributed by atoms with van der Waals surface area (Å²) >= 11 is 1.44. The Hall–Kier alpha value is -2.97. The molecule has 1 aromatic carbocycles. The highest BCUT2D eigenvalue weighted by molar-refractivity contribution is 7.13. The van der Waals surface area contributed by atoms with Gasteiger partial charge in [-0.2, -0.15) is 0 Å². The van der Waals surface area contributed by atoms with Gasteiger partial charge in [-0.1, -0.05) is 6.07 Å². The molecule has 31 heavy (non-hydrogen) atoms. The first-order chi connectivity index (χ1) is 15.0. The second-order valence-corrected chi connectivity index (χ2v) is 8.49. The minimum Gasteiger partial charge on any atom is -0.497 e. The lowest BCUT2D eigenvalue weighted by Gasteiger charge is -2.36. The third-order valence-electron chi connectivity index (χ3n) is 5.08. The number of methoxy groups -OCH3 is 1. The van der Waals surface area contributed by atoms with E-state index in [0.29, 0.717) is 12.2 Å². The maximum absolute atomic E-state index is 12.5. The lowest BCUT2D eigenvalue weighted by atomic mass is 10.2. The molecular formula is C23H26N4O3S. The SMILES string of the molecule is COc1ccc(-c2nc(C(=O)NCc3ccc(N4CC(C)OC(C)C4)nc3)cs2)cc1. The van der Waals surface area contributed by atoms with Crippen LogP contribution < -0.4 is 15.0 Å². The first-order valence-corrected chi connectivity index (χ1v) is 11.1. The molecule has 8 heteroatoms. The molecule has 1 N–H and O–H groups in total. The molecule has 162 valence electrons. The van der Waals surface area contributed by atoms with E-state index in [9.17, 15) is 4.79 Å². The summed E-state index contributed by atoms with van der Waals surface area (Å²) in [7, 11) is 1.63. The maximum Gasteiger partial charge on any atom is 0.271 e. The fourth-order valence-electron chi connectivity index (χ4n) is 3.59. The van der Waals surface area contributed by atoms with Gasteiger partial charge in [0.2, 0.25) is 0 Å². The van der Waals surface area contributed by atoms with Crippen LogP contribution in [0.4, 0.5) is 5.82 Å². The largest absolute Gasteiger partial charge is 0.497 e. The molecule has 1 saturated heterocycles. The molecule has 3 aromatic rings. The highest BCUT2D eigenvalue weighted by Crippen LogP contribution is 2.25. The van der Waals surface area contributed by atoms with E-state index in [1.54, 1.807) is 12.5 Å². The number of thiazole rings is 1. The number of pyridine rings is 1. The molecular weight excluding hydrogens is 412 g/mol. The summed E-state index contributed by atoms with van der Waals surface area (Å²) in [6.07, 6.45) is 2.18. The molecule has 2 unspecified atom stereocenters. The molecule has 2 aromatic heterocycles. The fraction of sp³-hybridized carbons (Fsp3) is 0.348. The first kappa shape index (κ1) is 21.3. The Morgan fingerprint density at radius 3 is 2.58 bits per heavy atom. The molecule has 4 rings (SSSR count). The molecule has 0 spiro atoms. The number of anilines is 1. The van der Waals surface area contributed by atoms with Gasteiger partial charge in [0.1, 0.15) is 22.3 Å².